The molecule has 0 rings (SSSR count). The lowest BCUT2D eigenvalue weighted by atomic mass is 9.82. The maximum absolute atomic E-state index is 10.5. The first-order chi connectivity index (χ1) is 7.93. The maximum atomic E-state index is 10.5. The Morgan fingerprint density at radius 2 is 1.94 bits per heavy atom. The molecular weight excluding hydrogens is 226 g/mol. The molecule has 0 fully saturated rings. The number of aliphatic hydroxyl groups excluding tert-OH is 3. The number of rotatable bonds is 9. The fraction of sp³-hybridized carbons (Fsp3) is 0.909. The van der Waals surface area contributed by atoms with Crippen LogP contribution >= 0.6 is 0 Å². The van der Waals surface area contributed by atoms with Gasteiger partial charge in [-0.1, -0.05) is 26.2 Å². The Kier molecular flexibility index (Phi) is 7.49. The number of aliphatic hydroxyl groups is 4. The molecule has 0 aliphatic carbocycles. The van der Waals surface area contributed by atoms with E-state index < -0.39 is 30.5 Å². The second kappa shape index (κ2) is 7.73. The van der Waals surface area contributed by atoms with Crippen molar-refractivity contribution in [2.45, 2.75) is 56.5 Å². The summed E-state index contributed by atoms with van der Waals surface area (Å²) in [6.45, 7) is 1.26. The highest BCUT2D eigenvalue weighted by Gasteiger charge is 2.44. The number of hydrogen-bond acceptors (Lipinski definition) is 6. The van der Waals surface area contributed by atoms with Crippen LogP contribution in [0.15, 0.2) is 0 Å². The summed E-state index contributed by atoms with van der Waals surface area (Å²) in [6.07, 6.45) is -0.471. The largest absolute Gasteiger partial charge is 0.394 e. The summed E-state index contributed by atoms with van der Waals surface area (Å²) in [5.41, 5.74) is 3.37. The van der Waals surface area contributed by atoms with Crippen molar-refractivity contribution in [3.63, 3.8) is 0 Å². The Morgan fingerprint density at radius 1 is 1.35 bits per heavy atom. The lowest BCUT2D eigenvalue weighted by Gasteiger charge is -2.37. The van der Waals surface area contributed by atoms with Crippen molar-refractivity contribution < 1.29 is 25.2 Å². The van der Waals surface area contributed by atoms with Gasteiger partial charge in [0.1, 0.15) is 24.1 Å². The van der Waals surface area contributed by atoms with Crippen LogP contribution in [-0.2, 0) is 4.79 Å². The average molecular weight is 249 g/mol. The van der Waals surface area contributed by atoms with Crippen molar-refractivity contribution in [2.24, 2.45) is 5.73 Å². The van der Waals surface area contributed by atoms with Crippen LogP contribution in [0.3, 0.4) is 0 Å². The topological polar surface area (TPSA) is 124 Å². The zero-order valence-electron chi connectivity index (χ0n) is 10.1. The van der Waals surface area contributed by atoms with Gasteiger partial charge < -0.3 is 31.0 Å². The predicted molar refractivity (Wildman–Crippen MR) is 62.2 cm³/mol. The second-order valence-corrected chi connectivity index (χ2v) is 4.30. The second-order valence-electron chi connectivity index (χ2n) is 4.30. The summed E-state index contributed by atoms with van der Waals surface area (Å²) in [6, 6.07) is -1.29. The normalized spacial score (nSPS) is 20.4. The molecule has 0 bridgehead atoms. The number of unbranched alkanes of at least 4 members (excludes halogenated alkanes) is 2. The molecule has 0 aromatic heterocycles. The van der Waals surface area contributed by atoms with Crippen molar-refractivity contribution in [3.8, 4) is 0 Å². The molecular formula is C11H23NO5. The van der Waals surface area contributed by atoms with E-state index in [2.05, 4.69) is 0 Å². The molecule has 6 heteroatoms. The van der Waals surface area contributed by atoms with Gasteiger partial charge in [-0.15, -0.1) is 0 Å². The Balaban J connectivity index is 4.75. The fourth-order valence-electron chi connectivity index (χ4n) is 1.74. The van der Waals surface area contributed by atoms with Crippen LogP contribution in [-0.4, -0.2) is 57.2 Å². The van der Waals surface area contributed by atoms with E-state index >= 15 is 0 Å². The summed E-state index contributed by atoms with van der Waals surface area (Å²) in [5, 5.41) is 38.4. The van der Waals surface area contributed by atoms with Crippen LogP contribution in [0.25, 0.3) is 0 Å². The number of aldehydes is 1. The summed E-state index contributed by atoms with van der Waals surface area (Å²) in [5.74, 6) is 0. The predicted octanol–water partition coefficient (Wildman–Crippen LogP) is -1.46. The molecule has 6 nitrogen and oxygen atoms in total. The quantitative estimate of drug-likeness (QED) is 0.251. The van der Waals surface area contributed by atoms with Crippen molar-refractivity contribution >= 4 is 6.29 Å². The van der Waals surface area contributed by atoms with Crippen molar-refractivity contribution in [3.05, 3.63) is 0 Å². The van der Waals surface area contributed by atoms with E-state index in [0.717, 1.165) is 12.8 Å². The molecule has 0 aliphatic heterocycles. The lowest BCUT2D eigenvalue weighted by molar-refractivity contribution is -0.168. The number of carbonyl (C=O) groups excluding carboxylic acids is 1. The third kappa shape index (κ3) is 4.33. The molecule has 0 spiro atoms. The molecule has 0 heterocycles. The molecule has 17 heavy (non-hydrogen) atoms. The van der Waals surface area contributed by atoms with E-state index in [9.17, 15) is 20.1 Å². The molecule has 0 saturated heterocycles. The molecule has 0 radical (unpaired) electrons. The average Bonchev–Trinajstić information content (AvgIpc) is 2.35. The van der Waals surface area contributed by atoms with Crippen LogP contribution in [0.5, 0.6) is 0 Å². The van der Waals surface area contributed by atoms with Crippen LogP contribution in [0, 0.1) is 0 Å². The summed E-state index contributed by atoms with van der Waals surface area (Å²) >= 11 is 0. The standard InChI is InChI=1S/C11H23NO5/c1-2-3-4-5-11(17,9(15)7-14)10(16)8(12)6-13/h6,8-10,14-17H,2-5,7,12H2,1H3/t8-,9-,10-,11-/m1/s1. The summed E-state index contributed by atoms with van der Waals surface area (Å²) in [4.78, 5) is 10.5. The molecule has 0 aliphatic rings. The van der Waals surface area contributed by atoms with Gasteiger partial charge in [0.05, 0.1) is 12.6 Å². The van der Waals surface area contributed by atoms with Crippen LogP contribution in [0.2, 0.25) is 0 Å². The monoisotopic (exact) mass is 249 g/mol. The zero-order chi connectivity index (χ0) is 13.5. The third-order valence-electron chi connectivity index (χ3n) is 2.96. The van der Waals surface area contributed by atoms with Gasteiger partial charge >= 0.3 is 0 Å². The molecule has 0 aromatic carbocycles. The Bertz CT molecular complexity index is 226. The van der Waals surface area contributed by atoms with Crippen LogP contribution in [0.1, 0.15) is 32.6 Å². The highest BCUT2D eigenvalue weighted by atomic mass is 16.4. The van der Waals surface area contributed by atoms with Gasteiger partial charge in [0.15, 0.2) is 0 Å². The summed E-state index contributed by atoms with van der Waals surface area (Å²) < 4.78 is 0. The van der Waals surface area contributed by atoms with E-state index in [1.807, 2.05) is 6.92 Å². The fourth-order valence-corrected chi connectivity index (χ4v) is 1.74. The van der Waals surface area contributed by atoms with Gasteiger partial charge in [-0.2, -0.15) is 0 Å². The number of hydrogen-bond donors (Lipinski definition) is 5. The molecule has 4 atom stereocenters. The van der Waals surface area contributed by atoms with E-state index in [1.165, 1.54) is 0 Å². The zero-order valence-corrected chi connectivity index (χ0v) is 10.1. The first-order valence-electron chi connectivity index (χ1n) is 5.84. The van der Waals surface area contributed by atoms with E-state index in [1.54, 1.807) is 0 Å². The Morgan fingerprint density at radius 3 is 2.35 bits per heavy atom. The third-order valence-corrected chi connectivity index (χ3v) is 2.96. The molecule has 0 amide bonds. The molecule has 0 saturated carbocycles. The highest BCUT2D eigenvalue weighted by Crippen LogP contribution is 2.25. The molecule has 102 valence electrons. The lowest BCUT2D eigenvalue weighted by Crippen LogP contribution is -2.60. The van der Waals surface area contributed by atoms with Gasteiger partial charge in [-0.25, -0.2) is 0 Å². The first kappa shape index (κ1) is 16.5. The minimum Gasteiger partial charge on any atom is -0.394 e. The minimum atomic E-state index is -1.95. The Hall–Kier alpha value is -0.530. The van der Waals surface area contributed by atoms with Crippen molar-refractivity contribution in [1.29, 1.82) is 0 Å². The van der Waals surface area contributed by atoms with Crippen LogP contribution < -0.4 is 5.73 Å². The van der Waals surface area contributed by atoms with E-state index in [-0.39, 0.29) is 6.42 Å². The number of nitrogens with two attached hydrogens (primary N) is 1. The SMILES string of the molecule is CCCCC[C@@](O)([C@H](O)CO)[C@H](O)[C@H](N)C=O. The van der Waals surface area contributed by atoms with E-state index in [0.29, 0.717) is 12.7 Å². The van der Waals surface area contributed by atoms with Crippen molar-refractivity contribution in [1.82, 2.24) is 0 Å². The van der Waals surface area contributed by atoms with Crippen LogP contribution in [0.4, 0.5) is 0 Å². The molecule has 0 aromatic rings. The minimum absolute atomic E-state index is 0.0747. The number of carbonyl (C=O) groups is 1. The van der Waals surface area contributed by atoms with Gasteiger partial charge in [0, 0.05) is 0 Å². The first-order valence-corrected chi connectivity index (χ1v) is 5.84. The molecule has 6 N–H and O–H groups in total. The van der Waals surface area contributed by atoms with Gasteiger partial charge in [0.2, 0.25) is 0 Å². The summed E-state index contributed by atoms with van der Waals surface area (Å²) in [7, 11) is 0. The Labute approximate surface area is 101 Å². The maximum Gasteiger partial charge on any atom is 0.139 e. The smallest absolute Gasteiger partial charge is 0.139 e. The highest BCUT2D eigenvalue weighted by molar-refractivity contribution is 5.58. The van der Waals surface area contributed by atoms with Gasteiger partial charge in [0.25, 0.3) is 0 Å². The molecule has 0 unspecified atom stereocenters. The van der Waals surface area contributed by atoms with Gasteiger partial charge in [-0.05, 0) is 6.42 Å². The van der Waals surface area contributed by atoms with E-state index in [4.69, 9.17) is 10.8 Å². The van der Waals surface area contributed by atoms with Crippen molar-refractivity contribution in [2.75, 3.05) is 6.61 Å². The van der Waals surface area contributed by atoms with Gasteiger partial charge in [-0.3, -0.25) is 0 Å².